The standard InChI is InChI=1S/C11H8ClF2NS/c12-10-8(14)2-1-7(13)9(10)11(15)6-3-4-16-5-6/h1-5,11H,15H2/t11-/m1/s1. The SMILES string of the molecule is N[C@H](c1ccsc1)c1c(F)ccc(F)c1Cl. The largest absolute Gasteiger partial charge is 0.320 e. The second-order valence-corrected chi connectivity index (χ2v) is 4.45. The molecule has 0 fully saturated rings. The monoisotopic (exact) mass is 259 g/mol. The minimum absolute atomic E-state index is 0.0000617. The van der Waals surface area contributed by atoms with Gasteiger partial charge in [0.2, 0.25) is 0 Å². The Balaban J connectivity index is 2.52. The lowest BCUT2D eigenvalue weighted by Gasteiger charge is -2.13. The zero-order chi connectivity index (χ0) is 11.7. The molecule has 0 unspecified atom stereocenters. The summed E-state index contributed by atoms with van der Waals surface area (Å²) >= 11 is 7.16. The molecule has 2 N–H and O–H groups in total. The number of rotatable bonds is 2. The van der Waals surface area contributed by atoms with Crippen LogP contribution in [0.25, 0.3) is 0 Å². The average molecular weight is 260 g/mol. The van der Waals surface area contributed by atoms with Crippen LogP contribution in [0.2, 0.25) is 5.02 Å². The minimum Gasteiger partial charge on any atom is -0.320 e. The van der Waals surface area contributed by atoms with E-state index in [1.54, 1.807) is 11.4 Å². The van der Waals surface area contributed by atoms with Crippen molar-refractivity contribution >= 4 is 22.9 Å². The molecule has 5 heteroatoms. The fourth-order valence-corrected chi connectivity index (χ4v) is 2.41. The molecule has 1 nitrogen and oxygen atoms in total. The Morgan fingerprint density at radius 1 is 1.19 bits per heavy atom. The Kier molecular flexibility index (Phi) is 3.23. The van der Waals surface area contributed by atoms with Crippen molar-refractivity contribution in [3.63, 3.8) is 0 Å². The van der Waals surface area contributed by atoms with E-state index in [1.165, 1.54) is 11.3 Å². The van der Waals surface area contributed by atoms with Gasteiger partial charge in [-0.2, -0.15) is 11.3 Å². The Labute approximate surface area is 100 Å². The lowest BCUT2D eigenvalue weighted by Crippen LogP contribution is -2.14. The van der Waals surface area contributed by atoms with Crippen LogP contribution < -0.4 is 5.73 Å². The molecule has 84 valence electrons. The third kappa shape index (κ3) is 1.96. The van der Waals surface area contributed by atoms with Crippen LogP contribution in [-0.4, -0.2) is 0 Å². The van der Waals surface area contributed by atoms with Gasteiger partial charge in [-0.1, -0.05) is 11.6 Å². The molecule has 1 heterocycles. The van der Waals surface area contributed by atoms with Crippen LogP contribution in [0.4, 0.5) is 8.78 Å². The molecular formula is C11H8ClF2NS. The fourth-order valence-electron chi connectivity index (χ4n) is 1.45. The van der Waals surface area contributed by atoms with Crippen molar-refractivity contribution in [2.24, 2.45) is 5.73 Å². The predicted molar refractivity (Wildman–Crippen MR) is 61.7 cm³/mol. The quantitative estimate of drug-likeness (QED) is 0.817. The Bertz CT molecular complexity index is 499. The maximum absolute atomic E-state index is 13.5. The third-order valence-electron chi connectivity index (χ3n) is 2.29. The number of hydrogen-bond donors (Lipinski definition) is 1. The second-order valence-electron chi connectivity index (χ2n) is 3.29. The van der Waals surface area contributed by atoms with Crippen LogP contribution in [0.3, 0.4) is 0 Å². The van der Waals surface area contributed by atoms with Gasteiger partial charge in [-0.05, 0) is 34.5 Å². The van der Waals surface area contributed by atoms with E-state index >= 15 is 0 Å². The van der Waals surface area contributed by atoms with Crippen molar-refractivity contribution < 1.29 is 8.78 Å². The van der Waals surface area contributed by atoms with Crippen molar-refractivity contribution in [1.29, 1.82) is 0 Å². The first-order valence-corrected chi connectivity index (χ1v) is 5.84. The van der Waals surface area contributed by atoms with Gasteiger partial charge in [-0.15, -0.1) is 0 Å². The van der Waals surface area contributed by atoms with E-state index in [2.05, 4.69) is 0 Å². The van der Waals surface area contributed by atoms with E-state index in [1.807, 2.05) is 5.38 Å². The summed E-state index contributed by atoms with van der Waals surface area (Å²) in [5.41, 5.74) is 6.57. The molecule has 1 atom stereocenters. The minimum atomic E-state index is -0.741. The Morgan fingerprint density at radius 3 is 2.50 bits per heavy atom. The van der Waals surface area contributed by atoms with E-state index in [9.17, 15) is 8.78 Å². The normalized spacial score (nSPS) is 12.8. The predicted octanol–water partition coefficient (Wildman–Crippen LogP) is 3.73. The highest BCUT2D eigenvalue weighted by Crippen LogP contribution is 2.31. The fraction of sp³-hybridized carbons (Fsp3) is 0.0909. The summed E-state index contributed by atoms with van der Waals surface area (Å²) in [7, 11) is 0. The number of benzene rings is 1. The van der Waals surface area contributed by atoms with Gasteiger partial charge in [0.1, 0.15) is 11.6 Å². The summed E-state index contributed by atoms with van der Waals surface area (Å²) < 4.78 is 26.8. The zero-order valence-corrected chi connectivity index (χ0v) is 9.66. The van der Waals surface area contributed by atoms with Gasteiger partial charge in [-0.25, -0.2) is 8.78 Å². The molecule has 0 aliphatic carbocycles. The van der Waals surface area contributed by atoms with Crippen molar-refractivity contribution in [1.82, 2.24) is 0 Å². The zero-order valence-electron chi connectivity index (χ0n) is 8.08. The van der Waals surface area contributed by atoms with Crippen LogP contribution in [0.1, 0.15) is 17.2 Å². The van der Waals surface area contributed by atoms with Crippen LogP contribution in [0.5, 0.6) is 0 Å². The van der Waals surface area contributed by atoms with Gasteiger partial charge < -0.3 is 5.73 Å². The summed E-state index contributed by atoms with van der Waals surface area (Å²) in [6, 6.07) is 3.04. The van der Waals surface area contributed by atoms with E-state index in [0.29, 0.717) is 0 Å². The van der Waals surface area contributed by atoms with Crippen LogP contribution >= 0.6 is 22.9 Å². The summed E-state index contributed by atoms with van der Waals surface area (Å²) in [4.78, 5) is 0. The van der Waals surface area contributed by atoms with E-state index in [-0.39, 0.29) is 10.6 Å². The first-order chi connectivity index (χ1) is 7.61. The average Bonchev–Trinajstić information content (AvgIpc) is 2.77. The molecule has 0 spiro atoms. The van der Waals surface area contributed by atoms with Gasteiger partial charge in [0.05, 0.1) is 11.1 Å². The maximum atomic E-state index is 13.5. The van der Waals surface area contributed by atoms with Crippen molar-refractivity contribution in [2.75, 3.05) is 0 Å². The second kappa shape index (κ2) is 4.49. The highest BCUT2D eigenvalue weighted by atomic mass is 35.5. The lowest BCUT2D eigenvalue weighted by atomic mass is 10.0. The smallest absolute Gasteiger partial charge is 0.142 e. The maximum Gasteiger partial charge on any atom is 0.142 e. The molecule has 0 bridgehead atoms. The molecule has 1 aromatic heterocycles. The molecule has 0 radical (unpaired) electrons. The molecular weight excluding hydrogens is 252 g/mol. The lowest BCUT2D eigenvalue weighted by molar-refractivity contribution is 0.577. The van der Waals surface area contributed by atoms with Crippen LogP contribution in [0.15, 0.2) is 29.0 Å². The summed E-state index contributed by atoms with van der Waals surface area (Å²) in [6.45, 7) is 0. The van der Waals surface area contributed by atoms with Gasteiger partial charge in [0, 0.05) is 5.56 Å². The molecule has 0 saturated carbocycles. The molecule has 2 rings (SSSR count). The first kappa shape index (κ1) is 11.5. The topological polar surface area (TPSA) is 26.0 Å². The molecule has 0 amide bonds. The number of nitrogens with two attached hydrogens (primary N) is 1. The Morgan fingerprint density at radius 2 is 1.88 bits per heavy atom. The molecule has 0 aliphatic rings. The van der Waals surface area contributed by atoms with Crippen LogP contribution in [-0.2, 0) is 0 Å². The summed E-state index contributed by atoms with van der Waals surface area (Å²) in [6.07, 6.45) is 0. The van der Waals surface area contributed by atoms with Crippen molar-refractivity contribution in [3.8, 4) is 0 Å². The van der Waals surface area contributed by atoms with Crippen LogP contribution in [0, 0.1) is 11.6 Å². The van der Waals surface area contributed by atoms with Crippen molar-refractivity contribution in [3.05, 3.63) is 56.7 Å². The number of thiophene rings is 1. The molecule has 0 saturated heterocycles. The van der Waals surface area contributed by atoms with Crippen molar-refractivity contribution in [2.45, 2.75) is 6.04 Å². The molecule has 16 heavy (non-hydrogen) atoms. The highest BCUT2D eigenvalue weighted by Gasteiger charge is 2.20. The van der Waals surface area contributed by atoms with Gasteiger partial charge in [0.25, 0.3) is 0 Å². The third-order valence-corrected chi connectivity index (χ3v) is 3.38. The van der Waals surface area contributed by atoms with E-state index in [0.717, 1.165) is 17.7 Å². The van der Waals surface area contributed by atoms with Gasteiger partial charge >= 0.3 is 0 Å². The molecule has 0 aliphatic heterocycles. The van der Waals surface area contributed by atoms with Gasteiger partial charge in [0.15, 0.2) is 0 Å². The number of halogens is 3. The summed E-state index contributed by atoms with van der Waals surface area (Å²) in [5, 5.41) is 3.35. The first-order valence-electron chi connectivity index (χ1n) is 4.52. The molecule has 2 aromatic rings. The summed E-state index contributed by atoms with van der Waals surface area (Å²) in [5.74, 6) is -1.26. The van der Waals surface area contributed by atoms with E-state index in [4.69, 9.17) is 17.3 Å². The highest BCUT2D eigenvalue weighted by molar-refractivity contribution is 7.08. The number of hydrogen-bond acceptors (Lipinski definition) is 2. The van der Waals surface area contributed by atoms with E-state index < -0.39 is 17.7 Å². The Hall–Kier alpha value is -0.970. The molecule has 1 aromatic carbocycles. The van der Waals surface area contributed by atoms with Gasteiger partial charge in [-0.3, -0.25) is 0 Å².